The molecule has 1 aliphatic carbocycles. The molecule has 1 saturated carbocycles. The molecule has 4 rings (SSSR count). The third-order valence-electron chi connectivity index (χ3n) is 5.96. The third kappa shape index (κ3) is 4.72. The number of nitrogens with zero attached hydrogens (tertiary/aromatic N) is 4. The molecule has 0 bridgehead atoms. The minimum atomic E-state index is -3.48. The Hall–Kier alpha value is -2.69. The molecule has 4 N–H and O–H groups in total. The van der Waals surface area contributed by atoms with Crippen molar-refractivity contribution in [2.45, 2.75) is 56.5 Å². The van der Waals surface area contributed by atoms with Crippen LogP contribution in [0.5, 0.6) is 0 Å². The Morgan fingerprint density at radius 1 is 1.12 bits per heavy atom. The number of imidazole rings is 1. The molecule has 1 aromatic carbocycles. The molecule has 2 aromatic heterocycles. The van der Waals surface area contributed by atoms with Gasteiger partial charge in [0.2, 0.25) is 10.0 Å². The molecule has 0 atom stereocenters. The van der Waals surface area contributed by atoms with Gasteiger partial charge in [0.15, 0.2) is 5.65 Å². The van der Waals surface area contributed by atoms with Crippen molar-refractivity contribution in [3.63, 3.8) is 0 Å². The van der Waals surface area contributed by atoms with E-state index in [4.69, 9.17) is 5.73 Å². The average molecular weight is 458 g/mol. The summed E-state index contributed by atoms with van der Waals surface area (Å²) in [5, 5.41) is 11.5. The number of benzene rings is 1. The van der Waals surface area contributed by atoms with Crippen LogP contribution < -0.4 is 16.4 Å². The molecule has 1 fully saturated rings. The predicted octanol–water partition coefficient (Wildman–Crippen LogP) is 3.19. The number of nitrogens with one attached hydrogen (secondary N) is 2. The number of nitrogens with two attached hydrogens (primary N) is 1. The standard InChI is InChI=1S/C22H31N7O2S/c1-3-28(4-2)32(30,31)19-11-9-17(10-12-19)25-20-15-21(27-29-14-13-24-22(20)29)26-18-7-5-16(23)6-8-18/h9-16,18,25H,3-8,23H2,1-2H3,(H,26,27)/t16-,18-. The van der Waals surface area contributed by atoms with Crippen molar-refractivity contribution in [3.05, 3.63) is 42.7 Å². The first-order valence-electron chi connectivity index (χ1n) is 11.1. The Kier molecular flexibility index (Phi) is 6.63. The summed E-state index contributed by atoms with van der Waals surface area (Å²) in [7, 11) is -3.48. The fourth-order valence-corrected chi connectivity index (χ4v) is 5.59. The third-order valence-corrected chi connectivity index (χ3v) is 8.02. The van der Waals surface area contributed by atoms with E-state index in [-0.39, 0.29) is 4.90 Å². The van der Waals surface area contributed by atoms with Gasteiger partial charge in [-0.2, -0.15) is 4.31 Å². The van der Waals surface area contributed by atoms with Crippen LogP contribution in [0, 0.1) is 0 Å². The fraction of sp³-hybridized carbons (Fsp3) is 0.455. The van der Waals surface area contributed by atoms with Gasteiger partial charge in [0.05, 0.1) is 10.6 Å². The van der Waals surface area contributed by atoms with E-state index >= 15 is 0 Å². The summed E-state index contributed by atoms with van der Waals surface area (Å²) < 4.78 is 28.6. The summed E-state index contributed by atoms with van der Waals surface area (Å²) >= 11 is 0. The van der Waals surface area contributed by atoms with Gasteiger partial charge in [-0.05, 0) is 49.9 Å². The zero-order valence-corrected chi connectivity index (χ0v) is 19.3. The van der Waals surface area contributed by atoms with Crippen LogP contribution in [0.15, 0.2) is 47.6 Å². The molecule has 10 heteroatoms. The second-order valence-corrected chi connectivity index (χ2v) is 10.1. The molecule has 0 unspecified atom stereocenters. The van der Waals surface area contributed by atoms with Crippen LogP contribution in [0.3, 0.4) is 0 Å². The van der Waals surface area contributed by atoms with Gasteiger partial charge in [-0.3, -0.25) is 0 Å². The monoisotopic (exact) mass is 457 g/mol. The smallest absolute Gasteiger partial charge is 0.243 e. The van der Waals surface area contributed by atoms with Crippen molar-refractivity contribution in [1.82, 2.24) is 18.9 Å². The summed E-state index contributed by atoms with van der Waals surface area (Å²) in [6.07, 6.45) is 7.59. The van der Waals surface area contributed by atoms with E-state index < -0.39 is 10.0 Å². The van der Waals surface area contributed by atoms with Crippen LogP contribution in [0.2, 0.25) is 0 Å². The zero-order valence-electron chi connectivity index (χ0n) is 18.5. The highest BCUT2D eigenvalue weighted by Crippen LogP contribution is 2.27. The Bertz CT molecular complexity index is 1150. The van der Waals surface area contributed by atoms with E-state index in [1.165, 1.54) is 4.31 Å². The van der Waals surface area contributed by atoms with Crippen LogP contribution in [0.1, 0.15) is 39.5 Å². The maximum Gasteiger partial charge on any atom is 0.243 e. The Morgan fingerprint density at radius 3 is 2.47 bits per heavy atom. The highest BCUT2D eigenvalue weighted by Gasteiger charge is 2.22. The van der Waals surface area contributed by atoms with E-state index in [2.05, 4.69) is 20.7 Å². The molecule has 172 valence electrons. The molecule has 0 amide bonds. The van der Waals surface area contributed by atoms with E-state index in [1.807, 2.05) is 26.1 Å². The van der Waals surface area contributed by atoms with Gasteiger partial charge in [-0.15, -0.1) is 5.10 Å². The number of hydrogen-bond donors (Lipinski definition) is 3. The summed E-state index contributed by atoms with van der Waals surface area (Å²) in [5.41, 5.74) is 8.28. The molecular weight excluding hydrogens is 426 g/mol. The van der Waals surface area contributed by atoms with Gasteiger partial charge in [0, 0.05) is 49.3 Å². The maximum atomic E-state index is 12.7. The van der Waals surface area contributed by atoms with Gasteiger partial charge >= 0.3 is 0 Å². The molecule has 32 heavy (non-hydrogen) atoms. The average Bonchev–Trinajstić information content (AvgIpc) is 3.25. The second-order valence-electron chi connectivity index (χ2n) is 8.13. The van der Waals surface area contributed by atoms with Gasteiger partial charge in [0.25, 0.3) is 0 Å². The van der Waals surface area contributed by atoms with E-state index in [9.17, 15) is 8.42 Å². The lowest BCUT2D eigenvalue weighted by Crippen LogP contribution is -2.33. The van der Waals surface area contributed by atoms with Crippen LogP contribution in [0.25, 0.3) is 5.65 Å². The van der Waals surface area contributed by atoms with Crippen molar-refractivity contribution in [2.24, 2.45) is 5.73 Å². The number of fused-ring (bicyclic) bond motifs is 1. The quantitative estimate of drug-likeness (QED) is 0.475. The summed E-state index contributed by atoms with van der Waals surface area (Å²) in [6.45, 7) is 4.56. The predicted molar refractivity (Wildman–Crippen MR) is 127 cm³/mol. The van der Waals surface area contributed by atoms with E-state index in [0.717, 1.165) is 42.9 Å². The first kappa shape index (κ1) is 22.5. The lowest BCUT2D eigenvalue weighted by Gasteiger charge is -2.27. The maximum absolute atomic E-state index is 12.7. The molecule has 2 heterocycles. The topological polar surface area (TPSA) is 118 Å². The van der Waals surface area contributed by atoms with Gasteiger partial charge in [-0.1, -0.05) is 13.8 Å². The minimum Gasteiger partial charge on any atom is -0.366 e. The number of hydrogen-bond acceptors (Lipinski definition) is 7. The second kappa shape index (κ2) is 9.43. The fourth-order valence-electron chi connectivity index (χ4n) is 4.13. The summed E-state index contributed by atoms with van der Waals surface area (Å²) in [6, 6.07) is 9.38. The van der Waals surface area contributed by atoms with Gasteiger partial charge in [0.1, 0.15) is 5.82 Å². The zero-order chi connectivity index (χ0) is 22.7. The van der Waals surface area contributed by atoms with Crippen LogP contribution in [-0.2, 0) is 10.0 Å². The summed E-state index contributed by atoms with van der Waals surface area (Å²) in [5.74, 6) is 0.763. The minimum absolute atomic E-state index is 0.283. The summed E-state index contributed by atoms with van der Waals surface area (Å²) in [4.78, 5) is 4.69. The van der Waals surface area contributed by atoms with Crippen molar-refractivity contribution >= 4 is 32.9 Å². The van der Waals surface area contributed by atoms with Crippen molar-refractivity contribution in [3.8, 4) is 0 Å². The molecule has 3 aromatic rings. The molecule has 0 aliphatic heterocycles. The Balaban J connectivity index is 1.55. The van der Waals surface area contributed by atoms with E-state index in [0.29, 0.717) is 30.8 Å². The van der Waals surface area contributed by atoms with Crippen LogP contribution in [-0.4, -0.2) is 52.5 Å². The molecular formula is C22H31N7O2S. The number of sulfonamides is 1. The SMILES string of the molecule is CCN(CC)S(=O)(=O)c1ccc(Nc2cc(N[C@H]3CC[C@H](N)CC3)nn3ccnc23)cc1. The van der Waals surface area contributed by atoms with Crippen LogP contribution >= 0.6 is 0 Å². The lowest BCUT2D eigenvalue weighted by atomic mass is 9.92. The Labute approximate surface area is 189 Å². The van der Waals surface area contributed by atoms with Crippen LogP contribution in [0.4, 0.5) is 17.2 Å². The molecule has 1 aliphatic rings. The van der Waals surface area contributed by atoms with Gasteiger partial charge < -0.3 is 16.4 Å². The molecule has 9 nitrogen and oxygen atoms in total. The van der Waals surface area contributed by atoms with Gasteiger partial charge in [-0.25, -0.2) is 17.9 Å². The number of rotatable bonds is 8. The largest absolute Gasteiger partial charge is 0.366 e. The first-order valence-corrected chi connectivity index (χ1v) is 12.6. The molecule has 0 spiro atoms. The lowest BCUT2D eigenvalue weighted by molar-refractivity contribution is 0.410. The van der Waals surface area contributed by atoms with Crippen molar-refractivity contribution in [1.29, 1.82) is 0 Å². The Morgan fingerprint density at radius 2 is 1.81 bits per heavy atom. The first-order chi connectivity index (χ1) is 15.4. The number of aromatic nitrogens is 3. The highest BCUT2D eigenvalue weighted by atomic mass is 32.2. The number of anilines is 3. The van der Waals surface area contributed by atoms with Crippen molar-refractivity contribution < 1.29 is 8.42 Å². The van der Waals surface area contributed by atoms with E-state index in [1.54, 1.807) is 35.0 Å². The molecule has 0 radical (unpaired) electrons. The highest BCUT2D eigenvalue weighted by molar-refractivity contribution is 7.89. The van der Waals surface area contributed by atoms with Crippen molar-refractivity contribution in [2.75, 3.05) is 23.7 Å². The normalized spacial score (nSPS) is 19.4. The molecule has 0 saturated heterocycles.